The number of hydrogen-bond donors (Lipinski definition) is 2. The van der Waals surface area contributed by atoms with Gasteiger partial charge in [0, 0.05) is 18.5 Å². The first kappa shape index (κ1) is 14.5. The molecule has 0 radical (unpaired) electrons. The molecule has 0 saturated carbocycles. The second-order valence-electron chi connectivity index (χ2n) is 7.14. The molecule has 1 aromatic carbocycles. The fraction of sp³-hybridized carbons (Fsp3) is 0.647. The fourth-order valence-electron chi connectivity index (χ4n) is 2.78. The van der Waals surface area contributed by atoms with Crippen LogP contribution in [0.1, 0.15) is 50.8 Å². The zero-order chi connectivity index (χ0) is 14.1. The van der Waals surface area contributed by atoms with Crippen LogP contribution < -0.4 is 5.32 Å². The predicted octanol–water partition coefficient (Wildman–Crippen LogP) is 2.81. The number of hydrogen-bond acceptors (Lipinski definition) is 2. The molecule has 0 saturated heterocycles. The van der Waals surface area contributed by atoms with Gasteiger partial charge in [0.15, 0.2) is 0 Å². The Morgan fingerprint density at radius 1 is 1.05 bits per heavy atom. The van der Waals surface area contributed by atoms with Crippen LogP contribution in [0.4, 0.5) is 0 Å². The quantitative estimate of drug-likeness (QED) is 0.854. The van der Waals surface area contributed by atoms with Crippen LogP contribution in [0.5, 0.6) is 0 Å². The maximum atomic E-state index is 9.75. The van der Waals surface area contributed by atoms with E-state index in [9.17, 15) is 5.11 Å². The number of nitrogens with one attached hydrogen (secondary N) is 1. The Morgan fingerprint density at radius 2 is 1.74 bits per heavy atom. The molecule has 2 N–H and O–H groups in total. The maximum absolute atomic E-state index is 9.75. The first-order valence-electron chi connectivity index (χ1n) is 7.33. The van der Waals surface area contributed by atoms with Crippen molar-refractivity contribution in [2.75, 3.05) is 13.1 Å². The fourth-order valence-corrected chi connectivity index (χ4v) is 2.78. The van der Waals surface area contributed by atoms with Gasteiger partial charge in [0.1, 0.15) is 0 Å². The molecule has 0 aliphatic heterocycles. The maximum Gasteiger partial charge on any atom is 0.0715 e. The summed E-state index contributed by atoms with van der Waals surface area (Å²) in [5.74, 6) is 0. The highest BCUT2D eigenvalue weighted by molar-refractivity contribution is 5.38. The Morgan fingerprint density at radius 3 is 2.42 bits per heavy atom. The molecule has 0 heterocycles. The molecule has 106 valence electrons. The summed E-state index contributed by atoms with van der Waals surface area (Å²) in [6.45, 7) is 9.71. The van der Waals surface area contributed by atoms with Crippen LogP contribution in [0.25, 0.3) is 0 Å². The van der Waals surface area contributed by atoms with Gasteiger partial charge in [-0.15, -0.1) is 0 Å². The molecular formula is C17H27NO. The third kappa shape index (κ3) is 3.80. The van der Waals surface area contributed by atoms with E-state index in [0.29, 0.717) is 6.54 Å². The van der Waals surface area contributed by atoms with Crippen molar-refractivity contribution >= 4 is 0 Å². The predicted molar refractivity (Wildman–Crippen MR) is 80.7 cm³/mol. The Kier molecular flexibility index (Phi) is 4.03. The minimum Gasteiger partial charge on any atom is -0.389 e. The first-order valence-corrected chi connectivity index (χ1v) is 7.33. The topological polar surface area (TPSA) is 32.3 Å². The molecule has 0 atom stereocenters. The molecule has 0 spiro atoms. The van der Waals surface area contributed by atoms with Crippen LogP contribution in [0.2, 0.25) is 0 Å². The molecule has 0 amide bonds. The molecular weight excluding hydrogens is 234 g/mol. The molecule has 19 heavy (non-hydrogen) atoms. The van der Waals surface area contributed by atoms with Crippen molar-refractivity contribution in [1.82, 2.24) is 5.32 Å². The minimum atomic E-state index is -0.645. The highest BCUT2D eigenvalue weighted by atomic mass is 16.3. The number of rotatable bonds is 5. The molecule has 2 rings (SSSR count). The van der Waals surface area contributed by atoms with Crippen LogP contribution >= 0.6 is 0 Å². The van der Waals surface area contributed by atoms with E-state index in [-0.39, 0.29) is 5.41 Å². The minimum absolute atomic E-state index is 0.100. The van der Waals surface area contributed by atoms with E-state index < -0.39 is 5.60 Å². The molecule has 2 heteroatoms. The number of aliphatic hydroxyl groups is 1. The van der Waals surface area contributed by atoms with E-state index in [1.807, 2.05) is 13.8 Å². The molecule has 2 nitrogen and oxygen atoms in total. The van der Waals surface area contributed by atoms with Gasteiger partial charge in [0.25, 0.3) is 0 Å². The number of fused-ring (bicyclic) bond motifs is 1. The van der Waals surface area contributed by atoms with Gasteiger partial charge >= 0.3 is 0 Å². The van der Waals surface area contributed by atoms with E-state index in [4.69, 9.17) is 0 Å². The number of benzene rings is 1. The average molecular weight is 261 g/mol. The van der Waals surface area contributed by atoms with Crippen LogP contribution in [0.3, 0.4) is 0 Å². The third-order valence-corrected chi connectivity index (χ3v) is 4.00. The van der Waals surface area contributed by atoms with Crippen LogP contribution in [0.15, 0.2) is 18.2 Å². The smallest absolute Gasteiger partial charge is 0.0715 e. The Bertz CT molecular complexity index is 443. The summed E-state index contributed by atoms with van der Waals surface area (Å²) in [5, 5.41) is 13.1. The zero-order valence-corrected chi connectivity index (χ0v) is 12.7. The summed E-state index contributed by atoms with van der Waals surface area (Å²) in [5.41, 5.74) is 3.92. The Balaban J connectivity index is 2.03. The molecule has 0 bridgehead atoms. The molecule has 0 aromatic heterocycles. The van der Waals surface area contributed by atoms with Crippen molar-refractivity contribution in [2.24, 2.45) is 0 Å². The van der Waals surface area contributed by atoms with Gasteiger partial charge < -0.3 is 10.4 Å². The Hall–Kier alpha value is -0.860. The monoisotopic (exact) mass is 261 g/mol. The molecule has 0 fully saturated rings. The molecule has 1 aromatic rings. The molecule has 1 aliphatic carbocycles. The first-order chi connectivity index (χ1) is 8.78. The van der Waals surface area contributed by atoms with Crippen LogP contribution in [0, 0.1) is 0 Å². The lowest BCUT2D eigenvalue weighted by Gasteiger charge is -2.28. The Labute approximate surface area is 117 Å². The largest absolute Gasteiger partial charge is 0.389 e. The second kappa shape index (κ2) is 5.26. The normalized spacial score (nSPS) is 15.6. The highest BCUT2D eigenvalue weighted by Gasteiger charge is 2.23. The lowest BCUT2D eigenvalue weighted by Crippen LogP contribution is -2.41. The summed E-state index contributed by atoms with van der Waals surface area (Å²) < 4.78 is 0. The second-order valence-corrected chi connectivity index (χ2v) is 7.14. The average Bonchev–Trinajstić information content (AvgIpc) is 2.73. The van der Waals surface area contributed by atoms with Gasteiger partial charge in [-0.1, -0.05) is 32.0 Å². The van der Waals surface area contributed by atoms with Crippen molar-refractivity contribution in [2.45, 2.75) is 58.0 Å². The van der Waals surface area contributed by atoms with Crippen molar-refractivity contribution in [1.29, 1.82) is 0 Å². The molecule has 1 aliphatic rings. The lowest BCUT2D eigenvalue weighted by atomic mass is 9.83. The van der Waals surface area contributed by atoms with Gasteiger partial charge in [0.05, 0.1) is 5.60 Å². The van der Waals surface area contributed by atoms with Crippen LogP contribution in [-0.4, -0.2) is 23.8 Å². The number of aryl methyl sites for hydroxylation is 2. The van der Waals surface area contributed by atoms with Crippen molar-refractivity contribution in [3.63, 3.8) is 0 Å². The van der Waals surface area contributed by atoms with Crippen molar-refractivity contribution < 1.29 is 5.11 Å². The van der Waals surface area contributed by atoms with Gasteiger partial charge in [-0.25, -0.2) is 0 Å². The van der Waals surface area contributed by atoms with E-state index in [2.05, 4.69) is 37.4 Å². The molecule has 0 unspecified atom stereocenters. The van der Waals surface area contributed by atoms with E-state index in [1.165, 1.54) is 36.0 Å². The van der Waals surface area contributed by atoms with E-state index in [1.54, 1.807) is 0 Å². The highest BCUT2D eigenvalue weighted by Crippen LogP contribution is 2.29. The summed E-state index contributed by atoms with van der Waals surface area (Å²) in [6.07, 6.45) is 3.78. The third-order valence-electron chi connectivity index (χ3n) is 4.00. The van der Waals surface area contributed by atoms with Crippen molar-refractivity contribution in [3.8, 4) is 0 Å². The SMILES string of the molecule is CC(C)(O)CNCC(C)(C)c1ccc2c(c1)CCC2. The van der Waals surface area contributed by atoms with Gasteiger partial charge in [-0.05, 0) is 49.8 Å². The van der Waals surface area contributed by atoms with E-state index >= 15 is 0 Å². The summed E-state index contributed by atoms with van der Waals surface area (Å²) >= 11 is 0. The van der Waals surface area contributed by atoms with Gasteiger partial charge in [-0.3, -0.25) is 0 Å². The van der Waals surface area contributed by atoms with Crippen molar-refractivity contribution in [3.05, 3.63) is 34.9 Å². The van der Waals surface area contributed by atoms with Crippen LogP contribution in [-0.2, 0) is 18.3 Å². The summed E-state index contributed by atoms with van der Waals surface area (Å²) in [7, 11) is 0. The van der Waals surface area contributed by atoms with E-state index in [0.717, 1.165) is 6.54 Å². The van der Waals surface area contributed by atoms with Gasteiger partial charge in [0.2, 0.25) is 0 Å². The standard InChI is InChI=1S/C17H27NO/c1-16(2,11-18-12-17(3,4)19)15-9-8-13-6-5-7-14(13)10-15/h8-10,18-19H,5-7,11-12H2,1-4H3. The van der Waals surface area contributed by atoms with Gasteiger partial charge in [-0.2, -0.15) is 0 Å². The summed E-state index contributed by atoms with van der Waals surface area (Å²) in [4.78, 5) is 0. The zero-order valence-electron chi connectivity index (χ0n) is 12.7. The summed E-state index contributed by atoms with van der Waals surface area (Å²) in [6, 6.07) is 6.96. The lowest BCUT2D eigenvalue weighted by molar-refractivity contribution is 0.0785.